The largest absolute Gasteiger partial charge is 0.444 e. The smallest absolute Gasteiger partial charge is 0.410 e. The molecule has 2 bridgehead atoms. The van der Waals surface area contributed by atoms with E-state index in [2.05, 4.69) is 5.32 Å². The van der Waals surface area contributed by atoms with E-state index in [0.717, 1.165) is 19.4 Å². The van der Waals surface area contributed by atoms with Crippen molar-refractivity contribution in [1.29, 1.82) is 0 Å². The maximum absolute atomic E-state index is 12.1. The van der Waals surface area contributed by atoms with Gasteiger partial charge in [0.2, 0.25) is 0 Å². The number of rotatable bonds is 1. The van der Waals surface area contributed by atoms with E-state index >= 15 is 0 Å². The van der Waals surface area contributed by atoms with Crippen LogP contribution in [0.5, 0.6) is 0 Å². The van der Waals surface area contributed by atoms with Gasteiger partial charge in [0.15, 0.2) is 0 Å². The molecule has 2 saturated heterocycles. The third-order valence-corrected chi connectivity index (χ3v) is 3.43. The van der Waals surface area contributed by atoms with Crippen molar-refractivity contribution in [2.45, 2.75) is 57.3 Å². The highest BCUT2D eigenvalue weighted by molar-refractivity contribution is 5.70. The number of nitrogens with zero attached hydrogens (tertiary/aromatic N) is 1. The predicted molar refractivity (Wildman–Crippen MR) is 63.8 cm³/mol. The molecule has 0 spiro atoms. The summed E-state index contributed by atoms with van der Waals surface area (Å²) in [5, 5.41) is 12.6. The van der Waals surface area contributed by atoms with Gasteiger partial charge in [-0.3, -0.25) is 4.90 Å². The summed E-state index contributed by atoms with van der Waals surface area (Å²) >= 11 is 0. The van der Waals surface area contributed by atoms with Gasteiger partial charge in [-0.1, -0.05) is 0 Å². The SMILES string of the molecule is CC(C)(C)OC(=O)N1C2CC[C@H]1CN[C@H]2CO. The normalized spacial score (nSPS) is 32.7. The number of carbonyl (C=O) groups excluding carboxylic acids is 1. The zero-order valence-corrected chi connectivity index (χ0v) is 10.8. The number of hydrogen-bond donors (Lipinski definition) is 2. The summed E-state index contributed by atoms with van der Waals surface area (Å²) in [4.78, 5) is 14.0. The third-order valence-electron chi connectivity index (χ3n) is 3.43. The van der Waals surface area contributed by atoms with Crippen LogP contribution in [0.1, 0.15) is 33.6 Å². The van der Waals surface area contributed by atoms with Crippen molar-refractivity contribution in [3.8, 4) is 0 Å². The van der Waals surface area contributed by atoms with E-state index in [0.29, 0.717) is 0 Å². The van der Waals surface area contributed by atoms with Crippen LogP contribution in [-0.4, -0.2) is 53.0 Å². The summed E-state index contributed by atoms with van der Waals surface area (Å²) in [7, 11) is 0. The minimum absolute atomic E-state index is 0.0127. The minimum atomic E-state index is -0.462. The maximum Gasteiger partial charge on any atom is 0.410 e. The molecule has 5 nitrogen and oxygen atoms in total. The molecule has 2 fully saturated rings. The molecule has 98 valence electrons. The summed E-state index contributed by atoms with van der Waals surface area (Å²) in [6.07, 6.45) is 1.69. The van der Waals surface area contributed by atoms with Gasteiger partial charge in [-0.25, -0.2) is 4.79 Å². The first-order valence-corrected chi connectivity index (χ1v) is 6.28. The summed E-state index contributed by atoms with van der Waals surface area (Å²) < 4.78 is 5.43. The number of piperazine rings is 1. The van der Waals surface area contributed by atoms with Gasteiger partial charge in [-0.2, -0.15) is 0 Å². The average Bonchev–Trinajstić information content (AvgIpc) is 2.52. The molecule has 0 aliphatic carbocycles. The molecule has 1 amide bonds. The standard InChI is InChI=1S/C12H22N2O3/c1-12(2,3)17-11(16)14-8-4-5-10(14)9(7-15)13-6-8/h8-10,13,15H,4-7H2,1-3H3/t8-,9-,10?/m0/s1. The van der Waals surface area contributed by atoms with Crippen LogP contribution in [0.25, 0.3) is 0 Å². The summed E-state index contributed by atoms with van der Waals surface area (Å²) in [6, 6.07) is 0.285. The van der Waals surface area contributed by atoms with E-state index in [1.165, 1.54) is 0 Å². The Morgan fingerprint density at radius 2 is 2.18 bits per heavy atom. The van der Waals surface area contributed by atoms with Crippen molar-refractivity contribution >= 4 is 6.09 Å². The minimum Gasteiger partial charge on any atom is -0.444 e. The van der Waals surface area contributed by atoms with Gasteiger partial charge in [-0.15, -0.1) is 0 Å². The van der Waals surface area contributed by atoms with Crippen LogP contribution in [0.15, 0.2) is 0 Å². The molecule has 0 saturated carbocycles. The van der Waals surface area contributed by atoms with Gasteiger partial charge in [0.1, 0.15) is 5.60 Å². The van der Waals surface area contributed by atoms with Crippen LogP contribution in [0.2, 0.25) is 0 Å². The summed E-state index contributed by atoms with van der Waals surface area (Å²) in [5.41, 5.74) is -0.462. The van der Waals surface area contributed by atoms with E-state index in [1.54, 1.807) is 0 Å². The zero-order valence-electron chi connectivity index (χ0n) is 10.8. The van der Waals surface area contributed by atoms with Gasteiger partial charge >= 0.3 is 6.09 Å². The van der Waals surface area contributed by atoms with Crippen molar-refractivity contribution in [3.05, 3.63) is 0 Å². The van der Waals surface area contributed by atoms with Crippen molar-refractivity contribution in [1.82, 2.24) is 10.2 Å². The molecule has 0 aromatic heterocycles. The molecule has 5 heteroatoms. The highest BCUT2D eigenvalue weighted by Crippen LogP contribution is 2.31. The lowest BCUT2D eigenvalue weighted by Gasteiger charge is -2.40. The van der Waals surface area contributed by atoms with Crippen LogP contribution < -0.4 is 5.32 Å². The molecule has 1 unspecified atom stereocenters. The highest BCUT2D eigenvalue weighted by atomic mass is 16.6. The Hall–Kier alpha value is -0.810. The Morgan fingerprint density at radius 3 is 2.76 bits per heavy atom. The second-order valence-corrected chi connectivity index (χ2v) is 5.88. The number of amides is 1. The van der Waals surface area contributed by atoms with Crippen LogP contribution in [0, 0.1) is 0 Å². The molecule has 2 aliphatic rings. The van der Waals surface area contributed by atoms with Gasteiger partial charge < -0.3 is 15.2 Å². The fourth-order valence-corrected chi connectivity index (χ4v) is 2.72. The van der Waals surface area contributed by atoms with Crippen LogP contribution in [0.3, 0.4) is 0 Å². The van der Waals surface area contributed by atoms with Crippen LogP contribution >= 0.6 is 0 Å². The molecule has 3 atom stereocenters. The molecule has 2 N–H and O–H groups in total. The number of aliphatic hydroxyl groups is 1. The zero-order chi connectivity index (χ0) is 12.6. The fraction of sp³-hybridized carbons (Fsp3) is 0.917. The molecule has 0 radical (unpaired) electrons. The Morgan fingerprint density at radius 1 is 1.47 bits per heavy atom. The number of ether oxygens (including phenoxy) is 1. The third kappa shape index (κ3) is 2.55. The summed E-state index contributed by atoms with van der Waals surface area (Å²) in [6.45, 7) is 6.44. The van der Waals surface area contributed by atoms with E-state index in [1.807, 2.05) is 25.7 Å². The lowest BCUT2D eigenvalue weighted by molar-refractivity contribution is 0.000412. The molecular formula is C12H22N2O3. The van der Waals surface area contributed by atoms with Gasteiger partial charge in [-0.05, 0) is 33.6 Å². The Bertz CT molecular complexity index is 301. The quantitative estimate of drug-likeness (QED) is 0.711. The highest BCUT2D eigenvalue weighted by Gasteiger charge is 2.45. The maximum atomic E-state index is 12.1. The molecule has 17 heavy (non-hydrogen) atoms. The van der Waals surface area contributed by atoms with E-state index in [4.69, 9.17) is 4.74 Å². The van der Waals surface area contributed by atoms with Crippen molar-refractivity contribution < 1.29 is 14.6 Å². The Labute approximate surface area is 102 Å². The monoisotopic (exact) mass is 242 g/mol. The fourth-order valence-electron chi connectivity index (χ4n) is 2.72. The topological polar surface area (TPSA) is 61.8 Å². The summed E-state index contributed by atoms with van der Waals surface area (Å²) in [5.74, 6) is 0. The predicted octanol–water partition coefficient (Wildman–Crippen LogP) is 0.719. The van der Waals surface area contributed by atoms with E-state index in [-0.39, 0.29) is 30.8 Å². The number of nitrogens with one attached hydrogen (secondary N) is 1. The second-order valence-electron chi connectivity index (χ2n) is 5.88. The van der Waals surface area contributed by atoms with Gasteiger partial charge in [0, 0.05) is 12.6 Å². The van der Waals surface area contributed by atoms with Crippen LogP contribution in [-0.2, 0) is 4.74 Å². The lowest BCUT2D eigenvalue weighted by atomic mass is 10.1. The first kappa shape index (κ1) is 12.6. The lowest BCUT2D eigenvalue weighted by Crippen LogP contribution is -2.61. The van der Waals surface area contributed by atoms with Crippen molar-refractivity contribution in [3.63, 3.8) is 0 Å². The number of carbonyl (C=O) groups is 1. The Balaban J connectivity index is 2.07. The second kappa shape index (κ2) is 4.46. The van der Waals surface area contributed by atoms with Crippen molar-refractivity contribution in [2.24, 2.45) is 0 Å². The van der Waals surface area contributed by atoms with Gasteiger partial charge in [0.05, 0.1) is 18.7 Å². The average molecular weight is 242 g/mol. The molecule has 2 heterocycles. The molecule has 0 aromatic rings. The molecule has 2 aliphatic heterocycles. The Kier molecular flexibility index (Phi) is 3.32. The van der Waals surface area contributed by atoms with Crippen molar-refractivity contribution in [2.75, 3.05) is 13.2 Å². The van der Waals surface area contributed by atoms with Gasteiger partial charge in [0.25, 0.3) is 0 Å². The first-order valence-electron chi connectivity index (χ1n) is 6.28. The molecule has 0 aromatic carbocycles. The van der Waals surface area contributed by atoms with E-state index < -0.39 is 5.60 Å². The number of aliphatic hydroxyl groups excluding tert-OH is 1. The van der Waals surface area contributed by atoms with E-state index in [9.17, 15) is 9.90 Å². The first-order chi connectivity index (χ1) is 7.92. The van der Waals surface area contributed by atoms with Crippen LogP contribution in [0.4, 0.5) is 4.79 Å². The number of fused-ring (bicyclic) bond motifs is 2. The molecule has 2 rings (SSSR count). The number of hydrogen-bond acceptors (Lipinski definition) is 4. The molecular weight excluding hydrogens is 220 g/mol.